The standard InChI is InChI=1S/C27H38N2O3/c1-19-8-6-7-9-23(19)18-27(30)28-24-12-14-29(15-13-24)22(4)25-10-11-26(21(3)20(25)2)32-17-16-31-5/h6-11,22,24H,12-18H2,1-5H3,(H,28,30). The van der Waals surface area contributed by atoms with Crippen molar-refractivity contribution in [2.24, 2.45) is 0 Å². The van der Waals surface area contributed by atoms with Crippen LogP contribution in [-0.2, 0) is 16.0 Å². The molecule has 1 aliphatic heterocycles. The fourth-order valence-corrected chi connectivity index (χ4v) is 4.55. The van der Waals surface area contributed by atoms with Gasteiger partial charge in [0.15, 0.2) is 0 Å². The average molecular weight is 439 g/mol. The first-order valence-electron chi connectivity index (χ1n) is 11.7. The summed E-state index contributed by atoms with van der Waals surface area (Å²) in [5.41, 5.74) is 6.12. The lowest BCUT2D eigenvalue weighted by Gasteiger charge is -2.37. The lowest BCUT2D eigenvalue weighted by atomic mass is 9.94. The van der Waals surface area contributed by atoms with E-state index in [1.54, 1.807) is 7.11 Å². The fraction of sp³-hybridized carbons (Fsp3) is 0.519. The number of piperidine rings is 1. The summed E-state index contributed by atoms with van der Waals surface area (Å²) in [4.78, 5) is 15.1. The van der Waals surface area contributed by atoms with Crippen molar-refractivity contribution in [3.63, 3.8) is 0 Å². The molecule has 2 aromatic carbocycles. The molecule has 1 unspecified atom stereocenters. The van der Waals surface area contributed by atoms with Gasteiger partial charge in [-0.3, -0.25) is 9.69 Å². The number of benzene rings is 2. The molecule has 1 amide bonds. The van der Waals surface area contributed by atoms with Crippen LogP contribution in [0.4, 0.5) is 0 Å². The third-order valence-corrected chi connectivity index (χ3v) is 6.83. The monoisotopic (exact) mass is 438 g/mol. The van der Waals surface area contributed by atoms with Gasteiger partial charge in [-0.15, -0.1) is 0 Å². The van der Waals surface area contributed by atoms with Crippen LogP contribution in [0.3, 0.4) is 0 Å². The molecule has 174 valence electrons. The highest BCUT2D eigenvalue weighted by Gasteiger charge is 2.26. The summed E-state index contributed by atoms with van der Waals surface area (Å²) in [5.74, 6) is 1.06. The van der Waals surface area contributed by atoms with Crippen molar-refractivity contribution in [1.82, 2.24) is 10.2 Å². The third kappa shape index (κ3) is 6.11. The van der Waals surface area contributed by atoms with E-state index < -0.39 is 0 Å². The molecule has 1 fully saturated rings. The molecule has 2 aromatic rings. The first-order valence-corrected chi connectivity index (χ1v) is 11.7. The van der Waals surface area contributed by atoms with Crippen LogP contribution in [0.5, 0.6) is 5.75 Å². The summed E-state index contributed by atoms with van der Waals surface area (Å²) in [6.07, 6.45) is 2.43. The number of nitrogens with one attached hydrogen (secondary N) is 1. The molecule has 0 bridgehead atoms. The van der Waals surface area contributed by atoms with Gasteiger partial charge in [-0.1, -0.05) is 30.3 Å². The van der Waals surface area contributed by atoms with Crippen LogP contribution in [0.2, 0.25) is 0 Å². The summed E-state index contributed by atoms with van der Waals surface area (Å²) >= 11 is 0. The second-order valence-electron chi connectivity index (χ2n) is 8.90. The van der Waals surface area contributed by atoms with Gasteiger partial charge in [-0.2, -0.15) is 0 Å². The molecular formula is C27H38N2O3. The van der Waals surface area contributed by atoms with Crippen molar-refractivity contribution in [1.29, 1.82) is 0 Å². The minimum atomic E-state index is 0.126. The quantitative estimate of drug-likeness (QED) is 0.585. The van der Waals surface area contributed by atoms with E-state index in [0.717, 1.165) is 37.2 Å². The maximum Gasteiger partial charge on any atom is 0.224 e. The van der Waals surface area contributed by atoms with Gasteiger partial charge in [-0.25, -0.2) is 0 Å². The highest BCUT2D eigenvalue weighted by Crippen LogP contribution is 2.32. The Morgan fingerprint density at radius 1 is 1.06 bits per heavy atom. The summed E-state index contributed by atoms with van der Waals surface area (Å²) in [6.45, 7) is 11.8. The summed E-state index contributed by atoms with van der Waals surface area (Å²) in [6, 6.07) is 13.0. The fourth-order valence-electron chi connectivity index (χ4n) is 4.55. The predicted molar refractivity (Wildman–Crippen MR) is 129 cm³/mol. The first kappa shape index (κ1) is 24.3. The molecule has 5 heteroatoms. The van der Waals surface area contributed by atoms with Gasteiger partial charge < -0.3 is 14.8 Å². The Morgan fingerprint density at radius 2 is 1.78 bits per heavy atom. The Morgan fingerprint density at radius 3 is 2.47 bits per heavy atom. The van der Waals surface area contributed by atoms with E-state index in [9.17, 15) is 4.79 Å². The molecule has 1 heterocycles. The largest absolute Gasteiger partial charge is 0.491 e. The predicted octanol–water partition coefficient (Wildman–Crippen LogP) is 4.52. The van der Waals surface area contributed by atoms with Crippen LogP contribution < -0.4 is 10.1 Å². The Labute approximate surface area is 193 Å². The molecule has 0 aliphatic carbocycles. The van der Waals surface area contributed by atoms with Crippen LogP contribution in [-0.4, -0.2) is 50.3 Å². The SMILES string of the molecule is COCCOc1ccc(C(C)N2CCC(NC(=O)Cc3ccccc3C)CC2)c(C)c1C. The Hall–Kier alpha value is -2.37. The third-order valence-electron chi connectivity index (χ3n) is 6.83. The van der Waals surface area contributed by atoms with Crippen molar-refractivity contribution in [2.45, 2.75) is 59.0 Å². The maximum atomic E-state index is 12.5. The van der Waals surface area contributed by atoms with Crippen molar-refractivity contribution in [3.05, 3.63) is 64.2 Å². The maximum absolute atomic E-state index is 12.5. The number of aryl methyl sites for hydroxylation is 1. The number of hydrogen-bond acceptors (Lipinski definition) is 4. The molecule has 32 heavy (non-hydrogen) atoms. The Kier molecular flexibility index (Phi) is 8.71. The minimum Gasteiger partial charge on any atom is -0.491 e. The molecule has 0 spiro atoms. The highest BCUT2D eigenvalue weighted by atomic mass is 16.5. The van der Waals surface area contributed by atoms with Crippen molar-refractivity contribution in [3.8, 4) is 5.75 Å². The van der Waals surface area contributed by atoms with Crippen LogP contribution in [0.15, 0.2) is 36.4 Å². The molecule has 0 radical (unpaired) electrons. The van der Waals surface area contributed by atoms with Crippen molar-refractivity contribution < 1.29 is 14.3 Å². The Balaban J connectivity index is 1.53. The van der Waals surface area contributed by atoms with E-state index in [0.29, 0.717) is 25.7 Å². The number of rotatable bonds is 9. The van der Waals surface area contributed by atoms with Crippen LogP contribution >= 0.6 is 0 Å². The van der Waals surface area contributed by atoms with E-state index in [1.807, 2.05) is 18.2 Å². The van der Waals surface area contributed by atoms with Gasteiger partial charge in [0.25, 0.3) is 0 Å². The zero-order chi connectivity index (χ0) is 23.1. The Bertz CT molecular complexity index is 904. The number of methoxy groups -OCH3 is 1. The van der Waals surface area contributed by atoms with E-state index >= 15 is 0 Å². The van der Waals surface area contributed by atoms with Gasteiger partial charge in [0, 0.05) is 32.3 Å². The van der Waals surface area contributed by atoms with Gasteiger partial charge in [-0.05, 0) is 74.4 Å². The molecule has 5 nitrogen and oxygen atoms in total. The van der Waals surface area contributed by atoms with Gasteiger partial charge in [0.05, 0.1) is 13.0 Å². The lowest BCUT2D eigenvalue weighted by Crippen LogP contribution is -2.45. The number of carbonyl (C=O) groups is 1. The smallest absolute Gasteiger partial charge is 0.224 e. The number of hydrogen-bond donors (Lipinski definition) is 1. The van der Waals surface area contributed by atoms with Crippen molar-refractivity contribution >= 4 is 5.91 Å². The molecule has 1 N–H and O–H groups in total. The minimum absolute atomic E-state index is 0.126. The molecular weight excluding hydrogens is 400 g/mol. The van der Waals surface area contributed by atoms with Gasteiger partial charge in [0.2, 0.25) is 5.91 Å². The van der Waals surface area contributed by atoms with Crippen LogP contribution in [0, 0.1) is 20.8 Å². The molecule has 1 aliphatic rings. The molecule has 0 saturated carbocycles. The number of nitrogens with zero attached hydrogens (tertiary/aromatic N) is 1. The second-order valence-corrected chi connectivity index (χ2v) is 8.90. The molecule has 1 saturated heterocycles. The first-order chi connectivity index (χ1) is 15.4. The van der Waals surface area contributed by atoms with Crippen molar-refractivity contribution in [2.75, 3.05) is 33.4 Å². The van der Waals surface area contributed by atoms with E-state index in [-0.39, 0.29) is 11.9 Å². The lowest BCUT2D eigenvalue weighted by molar-refractivity contribution is -0.121. The number of amides is 1. The summed E-state index contributed by atoms with van der Waals surface area (Å²) in [7, 11) is 1.69. The molecule has 1 atom stereocenters. The highest BCUT2D eigenvalue weighted by molar-refractivity contribution is 5.79. The zero-order valence-corrected chi connectivity index (χ0v) is 20.2. The zero-order valence-electron chi connectivity index (χ0n) is 20.2. The van der Waals surface area contributed by atoms with Gasteiger partial charge in [0.1, 0.15) is 12.4 Å². The molecule has 3 rings (SSSR count). The van der Waals surface area contributed by atoms with E-state index in [1.165, 1.54) is 22.3 Å². The topological polar surface area (TPSA) is 50.8 Å². The van der Waals surface area contributed by atoms with Gasteiger partial charge >= 0.3 is 0 Å². The molecule has 0 aromatic heterocycles. The second kappa shape index (κ2) is 11.5. The van der Waals surface area contributed by atoms with Crippen LogP contribution in [0.25, 0.3) is 0 Å². The number of ether oxygens (including phenoxy) is 2. The number of likely N-dealkylation sites (tertiary alicyclic amines) is 1. The van der Waals surface area contributed by atoms with E-state index in [2.05, 4.69) is 56.1 Å². The summed E-state index contributed by atoms with van der Waals surface area (Å²) in [5, 5.41) is 3.25. The normalized spacial score (nSPS) is 16.0. The van der Waals surface area contributed by atoms with E-state index in [4.69, 9.17) is 9.47 Å². The van der Waals surface area contributed by atoms with Crippen LogP contribution in [0.1, 0.15) is 53.6 Å². The number of carbonyl (C=O) groups excluding carboxylic acids is 1. The average Bonchev–Trinajstić information content (AvgIpc) is 2.78. The summed E-state index contributed by atoms with van der Waals surface area (Å²) < 4.78 is 10.9.